The van der Waals surface area contributed by atoms with Crippen LogP contribution in [-0.2, 0) is 0 Å². The number of pyridine rings is 1. The number of rotatable bonds is 5. The Labute approximate surface area is 93.2 Å². The van der Waals surface area contributed by atoms with Gasteiger partial charge >= 0.3 is 0 Å². The number of aromatic nitrogens is 1. The smallest absolute Gasteiger partial charge is 0.214 e. The molecule has 0 aromatic carbocycles. The van der Waals surface area contributed by atoms with Crippen molar-refractivity contribution in [1.82, 2.24) is 9.88 Å². The van der Waals surface area contributed by atoms with Crippen LogP contribution in [0.2, 0.25) is 0 Å². The largest absolute Gasteiger partial charge is 0.478 e. The van der Waals surface area contributed by atoms with Crippen molar-refractivity contribution < 1.29 is 4.74 Å². The fourth-order valence-electron chi connectivity index (χ4n) is 1.03. The van der Waals surface area contributed by atoms with E-state index in [1.54, 1.807) is 0 Å². The van der Waals surface area contributed by atoms with Crippen LogP contribution in [0.25, 0.3) is 0 Å². The van der Waals surface area contributed by atoms with E-state index >= 15 is 0 Å². The Morgan fingerprint density at radius 1 is 1.43 bits per heavy atom. The van der Waals surface area contributed by atoms with Crippen LogP contribution in [0.4, 0.5) is 0 Å². The van der Waals surface area contributed by atoms with Crippen molar-refractivity contribution in [1.29, 1.82) is 0 Å². The first-order valence-corrected chi connectivity index (χ1v) is 5.38. The third-order valence-electron chi connectivity index (χ3n) is 1.69. The molecule has 1 aromatic heterocycles. The molecule has 0 fully saturated rings. The number of nitrogens with zero attached hydrogens (tertiary/aromatic N) is 2. The Kier molecular flexibility index (Phi) is 4.90. The summed E-state index contributed by atoms with van der Waals surface area (Å²) in [5, 5.41) is 0. The first kappa shape index (κ1) is 11.5. The van der Waals surface area contributed by atoms with Crippen LogP contribution in [0.5, 0.6) is 5.88 Å². The molecule has 0 radical (unpaired) electrons. The second kappa shape index (κ2) is 5.98. The number of hydrogen-bond donors (Lipinski definition) is 0. The summed E-state index contributed by atoms with van der Waals surface area (Å²) in [7, 11) is 4.11. The molecule has 1 aromatic rings. The van der Waals surface area contributed by atoms with E-state index in [0.29, 0.717) is 12.5 Å². The number of hydrogen-bond acceptors (Lipinski definition) is 3. The number of ether oxygens (including phenoxy) is 1. The fourth-order valence-corrected chi connectivity index (χ4v) is 1.35. The van der Waals surface area contributed by atoms with Crippen molar-refractivity contribution in [2.75, 3.05) is 27.2 Å². The molecule has 0 amide bonds. The predicted molar refractivity (Wildman–Crippen MR) is 60.6 cm³/mol. The van der Waals surface area contributed by atoms with E-state index in [1.807, 2.05) is 18.2 Å². The highest BCUT2D eigenvalue weighted by molar-refractivity contribution is 9.10. The molecule has 3 nitrogen and oxygen atoms in total. The minimum atomic E-state index is 0.679. The summed E-state index contributed by atoms with van der Waals surface area (Å²) < 4.78 is 6.28. The lowest BCUT2D eigenvalue weighted by atomic mass is 10.4. The van der Waals surface area contributed by atoms with E-state index in [9.17, 15) is 0 Å². The molecule has 0 saturated heterocycles. The maximum atomic E-state index is 5.47. The van der Waals surface area contributed by atoms with Crippen molar-refractivity contribution in [3.63, 3.8) is 0 Å². The molecule has 0 unspecified atom stereocenters. The van der Waals surface area contributed by atoms with Gasteiger partial charge in [-0.05, 0) is 42.5 Å². The van der Waals surface area contributed by atoms with E-state index in [0.717, 1.165) is 17.6 Å². The molecule has 0 N–H and O–H groups in total. The van der Waals surface area contributed by atoms with Gasteiger partial charge in [0.25, 0.3) is 0 Å². The third kappa shape index (κ3) is 4.58. The SMILES string of the molecule is CN(C)CCCOc1cccc(Br)n1. The molecule has 0 aliphatic rings. The van der Waals surface area contributed by atoms with Gasteiger partial charge in [0, 0.05) is 12.6 Å². The first-order chi connectivity index (χ1) is 6.68. The summed E-state index contributed by atoms with van der Waals surface area (Å²) in [6.45, 7) is 1.75. The highest BCUT2D eigenvalue weighted by Gasteiger charge is 1.96. The molecule has 1 heterocycles. The second-order valence-electron chi connectivity index (χ2n) is 3.30. The molecule has 14 heavy (non-hydrogen) atoms. The Morgan fingerprint density at radius 3 is 2.86 bits per heavy atom. The van der Waals surface area contributed by atoms with Gasteiger partial charge in [-0.2, -0.15) is 0 Å². The first-order valence-electron chi connectivity index (χ1n) is 4.58. The predicted octanol–water partition coefficient (Wildman–Crippen LogP) is 2.17. The van der Waals surface area contributed by atoms with Gasteiger partial charge in [-0.1, -0.05) is 6.07 Å². The summed E-state index contributed by atoms with van der Waals surface area (Å²) in [6.07, 6.45) is 1.02. The van der Waals surface area contributed by atoms with Crippen LogP contribution < -0.4 is 4.74 Å². The van der Waals surface area contributed by atoms with Crippen LogP contribution in [0.15, 0.2) is 22.8 Å². The van der Waals surface area contributed by atoms with Gasteiger partial charge in [-0.25, -0.2) is 4.98 Å². The Balaban J connectivity index is 2.25. The molecule has 0 saturated carbocycles. The summed E-state index contributed by atoms with van der Waals surface area (Å²) in [6, 6.07) is 5.66. The minimum Gasteiger partial charge on any atom is -0.478 e. The molecule has 0 bridgehead atoms. The zero-order valence-corrected chi connectivity index (χ0v) is 10.1. The molecule has 0 aliphatic carbocycles. The topological polar surface area (TPSA) is 25.4 Å². The van der Waals surface area contributed by atoms with Gasteiger partial charge in [-0.3, -0.25) is 0 Å². The standard InChI is InChI=1S/C10H15BrN2O/c1-13(2)7-4-8-14-10-6-3-5-9(11)12-10/h3,5-6H,4,7-8H2,1-2H3. The van der Waals surface area contributed by atoms with Crippen LogP contribution in [0, 0.1) is 0 Å². The summed E-state index contributed by atoms with van der Waals surface area (Å²) in [5.74, 6) is 0.679. The molecule has 4 heteroatoms. The Morgan fingerprint density at radius 2 is 2.21 bits per heavy atom. The lowest BCUT2D eigenvalue weighted by Crippen LogP contribution is -2.15. The van der Waals surface area contributed by atoms with Crippen molar-refractivity contribution in [3.05, 3.63) is 22.8 Å². The second-order valence-corrected chi connectivity index (χ2v) is 4.12. The molecular weight excluding hydrogens is 244 g/mol. The van der Waals surface area contributed by atoms with Gasteiger partial charge in [0.05, 0.1) is 6.61 Å². The van der Waals surface area contributed by atoms with Crippen LogP contribution >= 0.6 is 15.9 Å². The highest BCUT2D eigenvalue weighted by atomic mass is 79.9. The van der Waals surface area contributed by atoms with Crippen molar-refractivity contribution >= 4 is 15.9 Å². The zero-order chi connectivity index (χ0) is 10.4. The van der Waals surface area contributed by atoms with Gasteiger partial charge in [-0.15, -0.1) is 0 Å². The summed E-state index contributed by atoms with van der Waals surface area (Å²) in [5.41, 5.74) is 0. The van der Waals surface area contributed by atoms with Crippen LogP contribution in [-0.4, -0.2) is 37.1 Å². The maximum absolute atomic E-state index is 5.47. The summed E-state index contributed by atoms with van der Waals surface area (Å²) in [4.78, 5) is 6.31. The van der Waals surface area contributed by atoms with Crippen LogP contribution in [0.1, 0.15) is 6.42 Å². The van der Waals surface area contributed by atoms with Gasteiger partial charge < -0.3 is 9.64 Å². The monoisotopic (exact) mass is 258 g/mol. The molecule has 78 valence electrons. The highest BCUT2D eigenvalue weighted by Crippen LogP contribution is 2.11. The van der Waals surface area contributed by atoms with Gasteiger partial charge in [0.2, 0.25) is 5.88 Å². The van der Waals surface area contributed by atoms with E-state index in [1.165, 1.54) is 0 Å². The van der Waals surface area contributed by atoms with Crippen molar-refractivity contribution in [2.45, 2.75) is 6.42 Å². The average molecular weight is 259 g/mol. The average Bonchev–Trinajstić information content (AvgIpc) is 2.12. The Bertz CT molecular complexity index is 279. The van der Waals surface area contributed by atoms with E-state index in [4.69, 9.17) is 4.74 Å². The van der Waals surface area contributed by atoms with Crippen LogP contribution in [0.3, 0.4) is 0 Å². The molecular formula is C10H15BrN2O. The molecule has 0 spiro atoms. The minimum absolute atomic E-state index is 0.679. The molecule has 1 rings (SSSR count). The van der Waals surface area contributed by atoms with E-state index < -0.39 is 0 Å². The molecule has 0 atom stereocenters. The quantitative estimate of drug-likeness (QED) is 0.598. The van der Waals surface area contributed by atoms with Crippen molar-refractivity contribution in [2.24, 2.45) is 0 Å². The lowest BCUT2D eigenvalue weighted by molar-refractivity contribution is 0.273. The lowest BCUT2D eigenvalue weighted by Gasteiger charge is -2.09. The maximum Gasteiger partial charge on any atom is 0.214 e. The Hall–Kier alpha value is -0.610. The van der Waals surface area contributed by atoms with E-state index in [-0.39, 0.29) is 0 Å². The number of halogens is 1. The fraction of sp³-hybridized carbons (Fsp3) is 0.500. The normalized spacial score (nSPS) is 10.6. The van der Waals surface area contributed by atoms with Gasteiger partial charge in [0.1, 0.15) is 4.60 Å². The van der Waals surface area contributed by atoms with Gasteiger partial charge in [0.15, 0.2) is 0 Å². The van der Waals surface area contributed by atoms with E-state index in [2.05, 4.69) is 39.9 Å². The third-order valence-corrected chi connectivity index (χ3v) is 2.13. The molecule has 0 aliphatic heterocycles. The zero-order valence-electron chi connectivity index (χ0n) is 8.53. The summed E-state index contributed by atoms with van der Waals surface area (Å²) >= 11 is 3.29. The van der Waals surface area contributed by atoms with Crippen molar-refractivity contribution in [3.8, 4) is 5.88 Å².